The SMILES string of the molecule is O=S(=O)(O)CCCCCCCCCCCCCC(F)(F)F. The Bertz CT molecular complexity index is 340. The van der Waals surface area contributed by atoms with E-state index in [1.165, 1.54) is 0 Å². The van der Waals surface area contributed by atoms with Crippen molar-refractivity contribution in [2.45, 2.75) is 83.2 Å². The van der Waals surface area contributed by atoms with Crippen LogP contribution in [-0.2, 0) is 10.1 Å². The smallest absolute Gasteiger partial charge is 0.286 e. The fourth-order valence-corrected chi connectivity index (χ4v) is 2.77. The van der Waals surface area contributed by atoms with Crippen molar-refractivity contribution < 1.29 is 26.1 Å². The topological polar surface area (TPSA) is 54.4 Å². The van der Waals surface area contributed by atoms with E-state index >= 15 is 0 Å². The van der Waals surface area contributed by atoms with Crippen molar-refractivity contribution in [3.05, 3.63) is 0 Å². The van der Waals surface area contributed by atoms with Crippen molar-refractivity contribution in [1.29, 1.82) is 0 Å². The van der Waals surface area contributed by atoms with E-state index in [9.17, 15) is 21.6 Å². The Kier molecular flexibility index (Phi) is 11.1. The Labute approximate surface area is 126 Å². The third kappa shape index (κ3) is 19.7. The van der Waals surface area contributed by atoms with Crippen molar-refractivity contribution >= 4 is 10.1 Å². The molecule has 0 spiro atoms. The highest BCUT2D eigenvalue weighted by molar-refractivity contribution is 7.85. The summed E-state index contributed by atoms with van der Waals surface area (Å²) in [4.78, 5) is 0. The van der Waals surface area contributed by atoms with E-state index in [2.05, 4.69) is 0 Å². The van der Waals surface area contributed by atoms with Gasteiger partial charge in [0.25, 0.3) is 10.1 Å². The Balaban J connectivity index is 3.13. The predicted molar refractivity (Wildman–Crippen MR) is 77.9 cm³/mol. The molecule has 3 nitrogen and oxygen atoms in total. The van der Waals surface area contributed by atoms with Gasteiger partial charge in [-0.25, -0.2) is 0 Å². The predicted octanol–water partition coefficient (Wildman–Crippen LogP) is 5.12. The molecule has 0 aliphatic heterocycles. The summed E-state index contributed by atoms with van der Waals surface area (Å²) >= 11 is 0. The average Bonchev–Trinajstić information content (AvgIpc) is 2.32. The standard InChI is InChI=1S/C14H27F3O3S/c15-14(16,17)12-10-8-6-4-2-1-3-5-7-9-11-13-21(18,19)20/h1-13H2,(H,18,19,20). The van der Waals surface area contributed by atoms with Crippen LogP contribution < -0.4 is 0 Å². The van der Waals surface area contributed by atoms with Gasteiger partial charge < -0.3 is 0 Å². The first-order valence-corrected chi connectivity index (χ1v) is 9.33. The Hall–Kier alpha value is -0.300. The van der Waals surface area contributed by atoms with Crippen LogP contribution in [0.4, 0.5) is 13.2 Å². The molecule has 0 unspecified atom stereocenters. The second kappa shape index (κ2) is 11.3. The third-order valence-electron chi connectivity index (χ3n) is 3.36. The van der Waals surface area contributed by atoms with E-state index in [0.717, 1.165) is 51.4 Å². The number of hydrogen-bond acceptors (Lipinski definition) is 2. The average molecular weight is 332 g/mol. The quantitative estimate of drug-likeness (QED) is 0.376. The van der Waals surface area contributed by atoms with E-state index < -0.39 is 22.7 Å². The highest BCUT2D eigenvalue weighted by Gasteiger charge is 2.25. The molecular weight excluding hydrogens is 305 g/mol. The molecule has 0 rings (SSSR count). The van der Waals surface area contributed by atoms with Crippen molar-refractivity contribution in [2.24, 2.45) is 0 Å². The lowest BCUT2D eigenvalue weighted by Gasteiger charge is -2.05. The molecule has 0 heterocycles. The van der Waals surface area contributed by atoms with E-state index in [-0.39, 0.29) is 12.2 Å². The zero-order valence-corrected chi connectivity index (χ0v) is 13.3. The fourth-order valence-electron chi connectivity index (χ4n) is 2.20. The van der Waals surface area contributed by atoms with Crippen molar-refractivity contribution in [2.75, 3.05) is 5.75 Å². The van der Waals surface area contributed by atoms with E-state index in [1.807, 2.05) is 0 Å². The largest absolute Gasteiger partial charge is 0.389 e. The highest BCUT2D eigenvalue weighted by Crippen LogP contribution is 2.23. The number of hydrogen-bond donors (Lipinski definition) is 1. The van der Waals surface area contributed by atoms with Gasteiger partial charge in [-0.05, 0) is 12.8 Å². The molecule has 128 valence electrons. The molecule has 21 heavy (non-hydrogen) atoms. The minimum atomic E-state index is -4.02. The molecule has 0 amide bonds. The summed E-state index contributed by atoms with van der Waals surface area (Å²) < 4.78 is 65.1. The van der Waals surface area contributed by atoms with E-state index in [0.29, 0.717) is 12.8 Å². The molecule has 0 atom stereocenters. The van der Waals surface area contributed by atoms with Gasteiger partial charge in [0.15, 0.2) is 0 Å². The Morgan fingerprint density at radius 3 is 1.33 bits per heavy atom. The lowest BCUT2D eigenvalue weighted by atomic mass is 10.1. The van der Waals surface area contributed by atoms with Crippen LogP contribution in [0.2, 0.25) is 0 Å². The van der Waals surface area contributed by atoms with Gasteiger partial charge in [-0.1, -0.05) is 57.8 Å². The van der Waals surface area contributed by atoms with Crippen LogP contribution in [-0.4, -0.2) is 24.9 Å². The molecular formula is C14H27F3O3S. The molecule has 0 aromatic carbocycles. The first-order chi connectivity index (χ1) is 9.71. The van der Waals surface area contributed by atoms with Gasteiger partial charge in [-0.3, -0.25) is 4.55 Å². The second-order valence-electron chi connectivity index (χ2n) is 5.54. The van der Waals surface area contributed by atoms with Crippen LogP contribution in [0, 0.1) is 0 Å². The summed E-state index contributed by atoms with van der Waals surface area (Å²) in [6.07, 6.45) is 4.56. The second-order valence-corrected chi connectivity index (χ2v) is 7.11. The fraction of sp³-hybridized carbons (Fsp3) is 1.00. The van der Waals surface area contributed by atoms with Crippen LogP contribution >= 0.6 is 0 Å². The van der Waals surface area contributed by atoms with Crippen molar-refractivity contribution in [3.8, 4) is 0 Å². The first-order valence-electron chi connectivity index (χ1n) is 7.73. The monoisotopic (exact) mass is 332 g/mol. The van der Waals surface area contributed by atoms with Gasteiger partial charge >= 0.3 is 6.18 Å². The molecule has 7 heteroatoms. The lowest BCUT2D eigenvalue weighted by molar-refractivity contribution is -0.135. The van der Waals surface area contributed by atoms with Crippen LogP contribution in [0.25, 0.3) is 0 Å². The highest BCUT2D eigenvalue weighted by atomic mass is 32.2. The normalized spacial score (nSPS) is 12.8. The summed E-state index contributed by atoms with van der Waals surface area (Å²) in [5.74, 6) is -0.162. The molecule has 0 aliphatic rings. The summed E-state index contributed by atoms with van der Waals surface area (Å²) in [6, 6.07) is 0. The minimum Gasteiger partial charge on any atom is -0.286 e. The van der Waals surface area contributed by atoms with Crippen LogP contribution in [0.5, 0.6) is 0 Å². The van der Waals surface area contributed by atoms with Gasteiger partial charge in [-0.2, -0.15) is 21.6 Å². The van der Waals surface area contributed by atoms with E-state index in [4.69, 9.17) is 4.55 Å². The van der Waals surface area contributed by atoms with Gasteiger partial charge in [0.05, 0.1) is 5.75 Å². The molecule has 0 aromatic heterocycles. The molecule has 0 fully saturated rings. The Morgan fingerprint density at radius 2 is 1.00 bits per heavy atom. The van der Waals surface area contributed by atoms with Crippen LogP contribution in [0.15, 0.2) is 0 Å². The number of halogens is 3. The summed E-state index contributed by atoms with van der Waals surface area (Å²) in [7, 11) is -3.82. The van der Waals surface area contributed by atoms with Gasteiger partial charge in [0, 0.05) is 6.42 Å². The minimum absolute atomic E-state index is 0.162. The number of alkyl halides is 3. The van der Waals surface area contributed by atoms with Gasteiger partial charge in [0.2, 0.25) is 0 Å². The lowest BCUT2D eigenvalue weighted by Crippen LogP contribution is -2.06. The van der Waals surface area contributed by atoms with E-state index in [1.54, 1.807) is 0 Å². The molecule has 1 N–H and O–H groups in total. The molecule has 0 radical (unpaired) electrons. The molecule has 0 saturated carbocycles. The molecule has 0 aliphatic carbocycles. The zero-order valence-electron chi connectivity index (χ0n) is 12.5. The summed E-state index contributed by atoms with van der Waals surface area (Å²) in [5, 5.41) is 0. The maximum absolute atomic E-state index is 11.9. The number of rotatable bonds is 13. The molecule has 0 aromatic rings. The van der Waals surface area contributed by atoms with Crippen LogP contribution in [0.1, 0.15) is 77.0 Å². The molecule has 0 saturated heterocycles. The number of unbranched alkanes of at least 4 members (excludes halogenated alkanes) is 10. The first kappa shape index (κ1) is 20.7. The maximum Gasteiger partial charge on any atom is 0.389 e. The Morgan fingerprint density at radius 1 is 0.667 bits per heavy atom. The summed E-state index contributed by atoms with van der Waals surface area (Å²) in [6.45, 7) is 0. The van der Waals surface area contributed by atoms with Crippen molar-refractivity contribution in [1.82, 2.24) is 0 Å². The molecule has 0 bridgehead atoms. The maximum atomic E-state index is 11.9. The zero-order chi connectivity index (χ0) is 16.2. The van der Waals surface area contributed by atoms with Crippen molar-refractivity contribution in [3.63, 3.8) is 0 Å². The van der Waals surface area contributed by atoms with Crippen LogP contribution in [0.3, 0.4) is 0 Å². The summed E-state index contributed by atoms with van der Waals surface area (Å²) in [5.41, 5.74) is 0. The third-order valence-corrected chi connectivity index (χ3v) is 4.17. The van der Waals surface area contributed by atoms with Gasteiger partial charge in [0.1, 0.15) is 0 Å². The van der Waals surface area contributed by atoms with Gasteiger partial charge in [-0.15, -0.1) is 0 Å².